The monoisotopic (exact) mass is 509 g/mol. The van der Waals surface area contributed by atoms with Crippen molar-refractivity contribution in [3.8, 4) is 6.07 Å². The number of rotatable bonds is 6. The molecule has 0 amide bonds. The number of aliphatic imine (C=N–C) groups is 1. The molecule has 3 N–H and O–H groups in total. The highest BCUT2D eigenvalue weighted by molar-refractivity contribution is 14.0. The summed E-state index contributed by atoms with van der Waals surface area (Å²) in [5.41, 5.74) is 2.56. The van der Waals surface area contributed by atoms with Crippen LogP contribution in [0.2, 0.25) is 0 Å². The number of hydrogen-bond acceptors (Lipinski definition) is 2. The van der Waals surface area contributed by atoms with Crippen LogP contribution in [0.1, 0.15) is 23.6 Å². The van der Waals surface area contributed by atoms with Gasteiger partial charge in [0.25, 0.3) is 0 Å². The molecule has 0 aliphatic carbocycles. The Morgan fingerprint density at radius 3 is 2.69 bits per heavy atom. The van der Waals surface area contributed by atoms with E-state index in [2.05, 4.69) is 20.6 Å². The molecule has 0 aliphatic heterocycles. The third kappa shape index (κ3) is 5.90. The molecule has 0 atom stereocenters. The van der Waals surface area contributed by atoms with Crippen LogP contribution >= 0.6 is 24.0 Å². The second-order valence-corrected chi connectivity index (χ2v) is 6.29. The number of aromatic nitrogens is 1. The Morgan fingerprint density at radius 1 is 1.14 bits per heavy atom. The number of H-pyrrole nitrogens is 1. The molecule has 3 aromatic rings. The van der Waals surface area contributed by atoms with Crippen molar-refractivity contribution in [3.63, 3.8) is 0 Å². The van der Waals surface area contributed by atoms with Gasteiger partial charge in [-0.1, -0.05) is 6.07 Å². The molecule has 0 unspecified atom stereocenters. The first-order chi connectivity index (χ1) is 13.6. The van der Waals surface area contributed by atoms with Gasteiger partial charge in [-0.05, 0) is 49.2 Å². The molecule has 0 saturated carbocycles. The lowest BCUT2D eigenvalue weighted by atomic mass is 10.1. The molecule has 152 valence electrons. The second kappa shape index (κ2) is 10.8. The normalized spacial score (nSPS) is 11.0. The third-order valence-electron chi connectivity index (χ3n) is 4.35. The summed E-state index contributed by atoms with van der Waals surface area (Å²) >= 11 is 0. The molecular formula is C21H22F2IN5. The van der Waals surface area contributed by atoms with Crippen LogP contribution in [0.25, 0.3) is 10.9 Å². The molecule has 1 aromatic heterocycles. The Balaban J connectivity index is 0.00000300. The van der Waals surface area contributed by atoms with Crippen LogP contribution in [-0.2, 0) is 13.0 Å². The quantitative estimate of drug-likeness (QED) is 0.265. The average molecular weight is 509 g/mol. The molecule has 1 heterocycles. The molecule has 0 saturated heterocycles. The molecule has 29 heavy (non-hydrogen) atoms. The van der Waals surface area contributed by atoms with E-state index >= 15 is 0 Å². The predicted octanol–water partition coefficient (Wildman–Crippen LogP) is 4.23. The van der Waals surface area contributed by atoms with E-state index in [0.717, 1.165) is 22.9 Å². The van der Waals surface area contributed by atoms with E-state index in [1.165, 1.54) is 18.2 Å². The number of nitriles is 1. The summed E-state index contributed by atoms with van der Waals surface area (Å²) in [6.07, 6.45) is 2.60. The Bertz CT molecular complexity index is 1040. The van der Waals surface area contributed by atoms with Gasteiger partial charge in [-0.25, -0.2) is 13.8 Å². The van der Waals surface area contributed by atoms with Crippen molar-refractivity contribution in [2.24, 2.45) is 4.99 Å². The number of guanidine groups is 1. The standard InChI is InChI=1S/C21H21F2N5.HI/c1-2-25-21(28-13-16-4-3-14(11-24)9-19(16)23)26-8-7-15-12-27-20-10-17(22)5-6-18(15)20;/h3-6,9-10,12,27H,2,7-8,13H2,1H3,(H2,25,26,28);1H. The first kappa shape index (κ1) is 22.6. The van der Waals surface area contributed by atoms with E-state index < -0.39 is 5.82 Å². The zero-order chi connectivity index (χ0) is 19.9. The van der Waals surface area contributed by atoms with Gasteiger partial charge in [-0.15, -0.1) is 24.0 Å². The van der Waals surface area contributed by atoms with E-state index in [9.17, 15) is 8.78 Å². The van der Waals surface area contributed by atoms with Crippen molar-refractivity contribution in [2.45, 2.75) is 19.9 Å². The molecule has 3 rings (SSSR count). The van der Waals surface area contributed by atoms with Gasteiger partial charge in [-0.2, -0.15) is 5.26 Å². The van der Waals surface area contributed by atoms with Gasteiger partial charge >= 0.3 is 0 Å². The van der Waals surface area contributed by atoms with E-state index in [4.69, 9.17) is 5.26 Å². The SMILES string of the molecule is CCNC(=NCc1ccc(C#N)cc1F)NCCc1c[nH]c2cc(F)ccc12.I. The Morgan fingerprint density at radius 2 is 1.97 bits per heavy atom. The summed E-state index contributed by atoms with van der Waals surface area (Å²) in [4.78, 5) is 7.48. The molecule has 0 spiro atoms. The third-order valence-corrected chi connectivity index (χ3v) is 4.35. The number of halogens is 3. The van der Waals surface area contributed by atoms with Crippen molar-refractivity contribution in [1.82, 2.24) is 15.6 Å². The smallest absolute Gasteiger partial charge is 0.191 e. The maximum atomic E-state index is 14.0. The summed E-state index contributed by atoms with van der Waals surface area (Å²) in [6.45, 7) is 3.41. The van der Waals surface area contributed by atoms with Gasteiger partial charge in [0.15, 0.2) is 5.96 Å². The van der Waals surface area contributed by atoms with Crippen molar-refractivity contribution in [1.29, 1.82) is 5.26 Å². The Hall–Kier alpha value is -2.67. The number of nitrogens with zero attached hydrogens (tertiary/aromatic N) is 2. The van der Waals surface area contributed by atoms with Crippen LogP contribution < -0.4 is 10.6 Å². The van der Waals surface area contributed by atoms with Gasteiger partial charge < -0.3 is 15.6 Å². The fraction of sp³-hybridized carbons (Fsp3) is 0.238. The average Bonchev–Trinajstić information content (AvgIpc) is 3.08. The van der Waals surface area contributed by atoms with Gasteiger partial charge in [0, 0.05) is 35.8 Å². The molecule has 8 heteroatoms. The fourth-order valence-electron chi connectivity index (χ4n) is 2.93. The van der Waals surface area contributed by atoms with Gasteiger partial charge in [0.1, 0.15) is 11.6 Å². The molecule has 5 nitrogen and oxygen atoms in total. The minimum atomic E-state index is -0.440. The second-order valence-electron chi connectivity index (χ2n) is 6.29. The number of fused-ring (bicyclic) bond motifs is 1. The van der Waals surface area contributed by atoms with Crippen LogP contribution in [0.3, 0.4) is 0 Å². The number of benzene rings is 2. The lowest BCUT2D eigenvalue weighted by Gasteiger charge is -2.11. The van der Waals surface area contributed by atoms with E-state index in [1.807, 2.05) is 19.2 Å². The minimum absolute atomic E-state index is 0. The van der Waals surface area contributed by atoms with Crippen molar-refractivity contribution >= 4 is 40.8 Å². The van der Waals surface area contributed by atoms with Crippen molar-refractivity contribution < 1.29 is 8.78 Å². The lowest BCUT2D eigenvalue weighted by molar-refractivity contribution is 0.609. The highest BCUT2D eigenvalue weighted by Gasteiger charge is 2.06. The highest BCUT2D eigenvalue weighted by atomic mass is 127. The maximum absolute atomic E-state index is 14.0. The summed E-state index contributed by atoms with van der Waals surface area (Å²) in [5, 5.41) is 16.2. The van der Waals surface area contributed by atoms with Crippen LogP contribution in [0, 0.1) is 23.0 Å². The van der Waals surface area contributed by atoms with E-state index in [-0.39, 0.29) is 41.9 Å². The van der Waals surface area contributed by atoms with Gasteiger partial charge in [0.05, 0.1) is 18.2 Å². The van der Waals surface area contributed by atoms with Crippen LogP contribution in [-0.4, -0.2) is 24.0 Å². The summed E-state index contributed by atoms with van der Waals surface area (Å²) in [6, 6.07) is 11.0. The van der Waals surface area contributed by atoms with Gasteiger partial charge in [-0.3, -0.25) is 0 Å². The Kier molecular flexibility index (Phi) is 8.39. The van der Waals surface area contributed by atoms with Crippen LogP contribution in [0.4, 0.5) is 8.78 Å². The van der Waals surface area contributed by atoms with Crippen LogP contribution in [0.5, 0.6) is 0 Å². The lowest BCUT2D eigenvalue weighted by Crippen LogP contribution is -2.38. The molecule has 0 fully saturated rings. The number of aromatic amines is 1. The maximum Gasteiger partial charge on any atom is 0.191 e. The molecule has 0 aliphatic rings. The van der Waals surface area contributed by atoms with Gasteiger partial charge in [0.2, 0.25) is 0 Å². The first-order valence-corrected chi connectivity index (χ1v) is 9.07. The minimum Gasteiger partial charge on any atom is -0.361 e. The highest BCUT2D eigenvalue weighted by Crippen LogP contribution is 2.19. The zero-order valence-corrected chi connectivity index (χ0v) is 18.3. The fourth-order valence-corrected chi connectivity index (χ4v) is 2.93. The molecule has 0 bridgehead atoms. The Labute approximate surface area is 185 Å². The molecule has 0 radical (unpaired) electrons. The summed E-state index contributed by atoms with van der Waals surface area (Å²) < 4.78 is 27.3. The summed E-state index contributed by atoms with van der Waals surface area (Å²) in [5.74, 6) is -0.127. The predicted molar refractivity (Wildman–Crippen MR) is 121 cm³/mol. The van der Waals surface area contributed by atoms with E-state index in [1.54, 1.807) is 18.2 Å². The first-order valence-electron chi connectivity index (χ1n) is 9.07. The largest absolute Gasteiger partial charge is 0.361 e. The number of hydrogen-bond donors (Lipinski definition) is 3. The zero-order valence-electron chi connectivity index (χ0n) is 15.9. The van der Waals surface area contributed by atoms with Crippen LogP contribution in [0.15, 0.2) is 47.6 Å². The molecule has 2 aromatic carbocycles. The van der Waals surface area contributed by atoms with Crippen molar-refractivity contribution in [2.75, 3.05) is 13.1 Å². The van der Waals surface area contributed by atoms with Crippen molar-refractivity contribution in [3.05, 3.63) is 70.9 Å². The van der Waals surface area contributed by atoms with E-state index in [0.29, 0.717) is 24.6 Å². The topological polar surface area (TPSA) is 76.0 Å². The molecular weight excluding hydrogens is 487 g/mol. The number of nitrogens with one attached hydrogen (secondary N) is 3. The summed E-state index contributed by atoms with van der Waals surface area (Å²) in [7, 11) is 0.